The number of rotatable bonds is 1. The summed E-state index contributed by atoms with van der Waals surface area (Å²) in [5.41, 5.74) is 0. The van der Waals surface area contributed by atoms with Gasteiger partial charge < -0.3 is 0 Å². The van der Waals surface area contributed by atoms with Crippen LogP contribution in [0, 0.1) is 0 Å². The topological polar surface area (TPSA) is 0 Å². The molecule has 0 nitrogen and oxygen atoms in total. The zero-order chi connectivity index (χ0) is 9.97. The van der Waals surface area contributed by atoms with Crippen molar-refractivity contribution in [3.8, 4) is 0 Å². The van der Waals surface area contributed by atoms with E-state index in [-0.39, 0.29) is 0 Å². The Morgan fingerprint density at radius 1 is 1.29 bits per heavy atom. The lowest BCUT2D eigenvalue weighted by molar-refractivity contribution is 1.74. The van der Waals surface area contributed by atoms with Crippen LogP contribution in [0.1, 0.15) is 6.92 Å². The molecule has 0 aliphatic heterocycles. The van der Waals surface area contributed by atoms with Crippen LogP contribution in [0.3, 0.4) is 0 Å². The Morgan fingerprint density at radius 3 is 2.79 bits per heavy atom. The molecule has 0 atom stereocenters. The second-order valence-corrected chi connectivity index (χ2v) is 4.22. The summed E-state index contributed by atoms with van der Waals surface area (Å²) in [7, 11) is 0. The summed E-state index contributed by atoms with van der Waals surface area (Å²) in [6.07, 6.45) is 6.20. The van der Waals surface area contributed by atoms with E-state index in [0.29, 0.717) is 0 Å². The van der Waals surface area contributed by atoms with E-state index in [9.17, 15) is 0 Å². The van der Waals surface area contributed by atoms with Crippen LogP contribution in [0.2, 0.25) is 0 Å². The molecule has 0 spiro atoms. The van der Waals surface area contributed by atoms with Gasteiger partial charge in [0.25, 0.3) is 0 Å². The van der Waals surface area contributed by atoms with Crippen LogP contribution in [0.5, 0.6) is 0 Å². The molecule has 2 rings (SSSR count). The number of hydrogen-bond acceptors (Lipinski definition) is 1. The lowest BCUT2D eigenvalue weighted by atomic mass is 10.2. The Balaban J connectivity index is 2.82. The molecule has 0 aliphatic rings. The van der Waals surface area contributed by atoms with Gasteiger partial charge in [0.1, 0.15) is 0 Å². The monoisotopic (exact) mass is 200 g/mol. The largest absolute Gasteiger partial charge is 0.135 e. The van der Waals surface area contributed by atoms with Gasteiger partial charge in [0, 0.05) is 9.23 Å². The summed E-state index contributed by atoms with van der Waals surface area (Å²) < 4.78 is 2.57. The minimum absolute atomic E-state index is 1.14. The summed E-state index contributed by atoms with van der Waals surface area (Å²) in [5, 5.41) is 2.41. The third-order valence-electron chi connectivity index (χ3n) is 2.17. The number of thiophene rings is 1. The molecule has 0 saturated carbocycles. The molecule has 1 heterocycles. The van der Waals surface area contributed by atoms with Crippen LogP contribution in [-0.2, 0) is 0 Å². The zero-order valence-corrected chi connectivity index (χ0v) is 8.97. The van der Waals surface area contributed by atoms with Crippen LogP contribution in [0.4, 0.5) is 0 Å². The minimum atomic E-state index is 1.14. The molecule has 0 radical (unpaired) electrons. The fourth-order valence-corrected chi connectivity index (χ4v) is 2.50. The van der Waals surface area contributed by atoms with Crippen molar-refractivity contribution in [1.29, 1.82) is 0 Å². The van der Waals surface area contributed by atoms with Crippen molar-refractivity contribution in [2.75, 3.05) is 0 Å². The number of hydrogen-bond donors (Lipinski definition) is 0. The Labute approximate surface area is 87.5 Å². The molecule has 1 aromatic carbocycles. The predicted molar refractivity (Wildman–Crippen MR) is 65.9 cm³/mol. The van der Waals surface area contributed by atoms with E-state index in [1.807, 2.05) is 13.0 Å². The molecule has 2 aromatic rings. The first-order valence-corrected chi connectivity index (χ1v) is 5.44. The van der Waals surface area contributed by atoms with Gasteiger partial charge in [0.05, 0.1) is 0 Å². The highest BCUT2D eigenvalue weighted by Crippen LogP contribution is 2.11. The average Bonchev–Trinajstić information content (AvgIpc) is 2.54. The molecule has 0 saturated heterocycles. The first-order valence-electron chi connectivity index (χ1n) is 4.62. The van der Waals surface area contributed by atoms with E-state index in [4.69, 9.17) is 0 Å². The number of fused-ring (bicyclic) bond motifs is 1. The van der Waals surface area contributed by atoms with Crippen LogP contribution >= 0.6 is 11.3 Å². The minimum Gasteiger partial charge on any atom is -0.135 e. The maximum atomic E-state index is 4.11. The van der Waals surface area contributed by atoms with Crippen molar-refractivity contribution in [1.82, 2.24) is 0 Å². The SMILES string of the molecule is C=c1/c(=C\C=C/C)sc2ccccc12. The van der Waals surface area contributed by atoms with E-state index in [0.717, 1.165) is 5.22 Å². The van der Waals surface area contributed by atoms with Gasteiger partial charge in [-0.25, -0.2) is 0 Å². The summed E-state index contributed by atoms with van der Waals surface area (Å²) in [6, 6.07) is 8.39. The second-order valence-electron chi connectivity index (χ2n) is 3.13. The fourth-order valence-electron chi connectivity index (χ4n) is 1.44. The molecule has 0 amide bonds. The highest BCUT2D eigenvalue weighted by atomic mass is 32.1. The van der Waals surface area contributed by atoms with Crippen molar-refractivity contribution >= 4 is 34.1 Å². The first-order chi connectivity index (χ1) is 6.83. The molecule has 0 N–H and O–H groups in total. The van der Waals surface area contributed by atoms with Gasteiger partial charge in [-0.3, -0.25) is 0 Å². The third kappa shape index (κ3) is 1.51. The molecular formula is C13H12S. The van der Waals surface area contributed by atoms with E-state index in [1.54, 1.807) is 11.3 Å². The second kappa shape index (κ2) is 3.81. The highest BCUT2D eigenvalue weighted by Gasteiger charge is 1.96. The number of allylic oxidation sites excluding steroid dienone is 2. The summed E-state index contributed by atoms with van der Waals surface area (Å²) >= 11 is 1.79. The van der Waals surface area contributed by atoms with Crippen LogP contribution in [0.15, 0.2) is 36.4 Å². The van der Waals surface area contributed by atoms with E-state index < -0.39 is 0 Å². The molecule has 14 heavy (non-hydrogen) atoms. The molecule has 0 unspecified atom stereocenters. The fraction of sp³-hybridized carbons (Fsp3) is 0.0769. The van der Waals surface area contributed by atoms with E-state index >= 15 is 0 Å². The van der Waals surface area contributed by atoms with Gasteiger partial charge in [-0.05, 0) is 29.7 Å². The Morgan fingerprint density at radius 2 is 2.07 bits per heavy atom. The molecule has 1 heteroatoms. The molecule has 0 bridgehead atoms. The lowest BCUT2D eigenvalue weighted by Gasteiger charge is -1.83. The Bertz CT molecular complexity index is 573. The van der Waals surface area contributed by atoms with Crippen molar-refractivity contribution in [2.45, 2.75) is 6.92 Å². The molecule has 0 fully saturated rings. The van der Waals surface area contributed by atoms with Gasteiger partial charge in [0.15, 0.2) is 0 Å². The van der Waals surface area contributed by atoms with Crippen molar-refractivity contribution in [2.24, 2.45) is 0 Å². The first kappa shape index (κ1) is 9.22. The van der Waals surface area contributed by atoms with E-state index in [2.05, 4.69) is 43.0 Å². The Hall–Kier alpha value is -1.34. The van der Waals surface area contributed by atoms with Gasteiger partial charge in [-0.15, -0.1) is 11.3 Å². The maximum Gasteiger partial charge on any atom is 0.0355 e. The zero-order valence-electron chi connectivity index (χ0n) is 8.16. The molecule has 1 aromatic heterocycles. The summed E-state index contributed by atoms with van der Waals surface area (Å²) in [6.45, 7) is 6.13. The molecular weight excluding hydrogens is 188 g/mol. The normalized spacial score (nSPS) is 13.1. The highest BCUT2D eigenvalue weighted by molar-refractivity contribution is 7.17. The molecule has 70 valence electrons. The third-order valence-corrected chi connectivity index (χ3v) is 3.35. The van der Waals surface area contributed by atoms with Gasteiger partial charge >= 0.3 is 0 Å². The number of benzene rings is 1. The smallest absolute Gasteiger partial charge is 0.0355 e. The lowest BCUT2D eigenvalue weighted by Crippen LogP contribution is -2.15. The Kier molecular flexibility index (Phi) is 2.51. The van der Waals surface area contributed by atoms with Gasteiger partial charge in [-0.2, -0.15) is 0 Å². The van der Waals surface area contributed by atoms with E-state index in [1.165, 1.54) is 14.6 Å². The van der Waals surface area contributed by atoms with Gasteiger partial charge in [0.2, 0.25) is 0 Å². The standard InChI is InChI=1S/C13H12S/c1-3-4-8-12-10(2)11-7-5-6-9-13(11)14-12/h3-9H,2H2,1H3/b4-3-,12-8+. The van der Waals surface area contributed by atoms with Crippen molar-refractivity contribution < 1.29 is 0 Å². The molecule has 0 aliphatic carbocycles. The van der Waals surface area contributed by atoms with Crippen LogP contribution in [0.25, 0.3) is 22.7 Å². The van der Waals surface area contributed by atoms with Crippen LogP contribution in [-0.4, -0.2) is 0 Å². The van der Waals surface area contributed by atoms with Crippen molar-refractivity contribution in [3.05, 3.63) is 46.2 Å². The predicted octanol–water partition coefficient (Wildman–Crippen LogP) is 2.67. The summed E-state index contributed by atoms with van der Waals surface area (Å²) in [5.74, 6) is 0. The maximum absolute atomic E-state index is 4.11. The van der Waals surface area contributed by atoms with Crippen molar-refractivity contribution in [3.63, 3.8) is 0 Å². The van der Waals surface area contributed by atoms with Crippen LogP contribution < -0.4 is 9.75 Å². The van der Waals surface area contributed by atoms with Gasteiger partial charge in [-0.1, -0.05) is 36.9 Å². The summed E-state index contributed by atoms with van der Waals surface area (Å²) in [4.78, 5) is 0. The quantitative estimate of drug-likeness (QED) is 0.664. The average molecular weight is 200 g/mol.